The second-order valence-electron chi connectivity index (χ2n) is 7.15. The van der Waals surface area contributed by atoms with Gasteiger partial charge in [-0.2, -0.15) is 0 Å². The summed E-state index contributed by atoms with van der Waals surface area (Å²) in [6.07, 6.45) is 4.21. The fourth-order valence-electron chi connectivity index (χ4n) is 3.09. The van der Waals surface area contributed by atoms with Gasteiger partial charge in [0, 0.05) is 38.5 Å². The van der Waals surface area contributed by atoms with Crippen LogP contribution in [0, 0.1) is 0 Å². The SMILES string of the molecule is CC(C)(C)OC(=O)N1CCCC(N2CCCC(=O)CC2)C1. The molecule has 0 aromatic heterocycles. The predicted octanol–water partition coefficient (Wildman–Crippen LogP) is 2.44. The van der Waals surface area contributed by atoms with Gasteiger partial charge < -0.3 is 9.64 Å². The van der Waals surface area contributed by atoms with E-state index in [4.69, 9.17) is 4.74 Å². The number of carbonyl (C=O) groups is 2. The summed E-state index contributed by atoms with van der Waals surface area (Å²) < 4.78 is 5.47. The first kappa shape index (κ1) is 16.3. The molecule has 0 bridgehead atoms. The molecule has 0 N–H and O–H groups in total. The molecule has 1 amide bonds. The molecule has 2 aliphatic rings. The van der Waals surface area contributed by atoms with Gasteiger partial charge in [0.2, 0.25) is 0 Å². The van der Waals surface area contributed by atoms with Gasteiger partial charge in [0.15, 0.2) is 0 Å². The van der Waals surface area contributed by atoms with Crippen LogP contribution in [-0.4, -0.2) is 59.5 Å². The fraction of sp³-hybridized carbons (Fsp3) is 0.875. The average molecular weight is 296 g/mol. The summed E-state index contributed by atoms with van der Waals surface area (Å²) in [5.41, 5.74) is -0.445. The van der Waals surface area contributed by atoms with Gasteiger partial charge in [-0.3, -0.25) is 9.69 Å². The van der Waals surface area contributed by atoms with Crippen LogP contribution in [0.15, 0.2) is 0 Å². The Morgan fingerprint density at radius 1 is 1.14 bits per heavy atom. The molecule has 0 aliphatic carbocycles. The van der Waals surface area contributed by atoms with Gasteiger partial charge in [-0.05, 0) is 46.6 Å². The largest absolute Gasteiger partial charge is 0.444 e. The third kappa shape index (κ3) is 4.99. The molecule has 120 valence electrons. The van der Waals surface area contributed by atoms with Crippen molar-refractivity contribution in [2.24, 2.45) is 0 Å². The first-order chi connectivity index (χ1) is 9.85. The van der Waals surface area contributed by atoms with Crippen molar-refractivity contribution in [1.82, 2.24) is 9.80 Å². The van der Waals surface area contributed by atoms with E-state index in [1.807, 2.05) is 25.7 Å². The van der Waals surface area contributed by atoms with Crippen LogP contribution in [-0.2, 0) is 9.53 Å². The number of likely N-dealkylation sites (tertiary alicyclic amines) is 2. The Kier molecular flexibility index (Phi) is 5.25. The van der Waals surface area contributed by atoms with E-state index in [0.29, 0.717) is 24.7 Å². The van der Waals surface area contributed by atoms with Crippen molar-refractivity contribution in [3.05, 3.63) is 0 Å². The molecule has 2 fully saturated rings. The second-order valence-corrected chi connectivity index (χ2v) is 7.15. The highest BCUT2D eigenvalue weighted by molar-refractivity contribution is 5.78. The maximum atomic E-state index is 12.2. The molecule has 2 aliphatic heterocycles. The lowest BCUT2D eigenvalue weighted by molar-refractivity contribution is -0.118. The standard InChI is InChI=1S/C16H28N2O3/c1-16(2,3)21-15(20)18-10-4-6-13(12-18)17-9-5-7-14(19)8-11-17/h13H,4-12H2,1-3H3. The maximum absolute atomic E-state index is 12.2. The molecule has 0 aromatic rings. The zero-order valence-corrected chi connectivity index (χ0v) is 13.6. The lowest BCUT2D eigenvalue weighted by Crippen LogP contribution is -2.51. The van der Waals surface area contributed by atoms with E-state index in [1.165, 1.54) is 0 Å². The Morgan fingerprint density at radius 3 is 2.62 bits per heavy atom. The van der Waals surface area contributed by atoms with Gasteiger partial charge in [0.1, 0.15) is 11.4 Å². The third-order valence-electron chi connectivity index (χ3n) is 4.14. The molecule has 5 nitrogen and oxygen atoms in total. The zero-order chi connectivity index (χ0) is 15.5. The molecule has 0 saturated carbocycles. The summed E-state index contributed by atoms with van der Waals surface area (Å²) in [6.45, 7) is 9.00. The van der Waals surface area contributed by atoms with Crippen LogP contribution >= 0.6 is 0 Å². The number of rotatable bonds is 1. The topological polar surface area (TPSA) is 49.9 Å². The lowest BCUT2D eigenvalue weighted by Gasteiger charge is -2.39. The Morgan fingerprint density at radius 2 is 1.90 bits per heavy atom. The van der Waals surface area contributed by atoms with Gasteiger partial charge >= 0.3 is 6.09 Å². The van der Waals surface area contributed by atoms with Crippen molar-refractivity contribution in [2.75, 3.05) is 26.2 Å². The van der Waals surface area contributed by atoms with E-state index in [1.54, 1.807) is 0 Å². The van der Waals surface area contributed by atoms with E-state index in [0.717, 1.165) is 45.4 Å². The van der Waals surface area contributed by atoms with Gasteiger partial charge in [-0.25, -0.2) is 4.79 Å². The van der Waals surface area contributed by atoms with E-state index in [-0.39, 0.29) is 6.09 Å². The highest BCUT2D eigenvalue weighted by atomic mass is 16.6. The van der Waals surface area contributed by atoms with Gasteiger partial charge in [-0.15, -0.1) is 0 Å². The summed E-state index contributed by atoms with van der Waals surface area (Å²) in [5.74, 6) is 0.373. The maximum Gasteiger partial charge on any atom is 0.410 e. The number of ketones is 1. The average Bonchev–Trinajstić information content (AvgIpc) is 2.62. The highest BCUT2D eigenvalue weighted by Gasteiger charge is 2.31. The summed E-state index contributed by atoms with van der Waals surface area (Å²) >= 11 is 0. The monoisotopic (exact) mass is 296 g/mol. The Balaban J connectivity index is 1.91. The molecule has 21 heavy (non-hydrogen) atoms. The zero-order valence-electron chi connectivity index (χ0n) is 13.6. The summed E-state index contributed by atoms with van der Waals surface area (Å²) in [4.78, 5) is 27.9. The van der Waals surface area contributed by atoms with E-state index >= 15 is 0 Å². The second kappa shape index (κ2) is 6.77. The number of hydrogen-bond acceptors (Lipinski definition) is 4. The van der Waals surface area contributed by atoms with Crippen LogP contribution in [0.3, 0.4) is 0 Å². The Labute approximate surface area is 127 Å². The molecular formula is C16H28N2O3. The predicted molar refractivity (Wildman–Crippen MR) is 81.3 cm³/mol. The van der Waals surface area contributed by atoms with Gasteiger partial charge in [0.25, 0.3) is 0 Å². The molecule has 2 rings (SSSR count). The number of nitrogens with zero attached hydrogens (tertiary/aromatic N) is 2. The number of Topliss-reactive ketones (excluding diaryl/α,β-unsaturated/α-hetero) is 1. The normalized spacial score (nSPS) is 25.6. The van der Waals surface area contributed by atoms with Crippen molar-refractivity contribution in [3.8, 4) is 0 Å². The molecule has 2 heterocycles. The minimum atomic E-state index is -0.445. The smallest absolute Gasteiger partial charge is 0.410 e. The quantitative estimate of drug-likeness (QED) is 0.746. The molecule has 0 spiro atoms. The molecule has 0 aromatic carbocycles. The van der Waals surface area contributed by atoms with Gasteiger partial charge in [-0.1, -0.05) is 0 Å². The number of hydrogen-bond donors (Lipinski definition) is 0. The van der Waals surface area contributed by atoms with Crippen LogP contribution < -0.4 is 0 Å². The van der Waals surface area contributed by atoms with Crippen LogP contribution in [0.2, 0.25) is 0 Å². The Bertz CT molecular complexity index is 389. The van der Waals surface area contributed by atoms with Crippen molar-refractivity contribution < 1.29 is 14.3 Å². The van der Waals surface area contributed by atoms with Crippen molar-refractivity contribution in [1.29, 1.82) is 0 Å². The fourth-order valence-corrected chi connectivity index (χ4v) is 3.09. The summed E-state index contributed by atoms with van der Waals surface area (Å²) in [5, 5.41) is 0. The molecular weight excluding hydrogens is 268 g/mol. The number of piperidine rings is 1. The van der Waals surface area contributed by atoms with Crippen molar-refractivity contribution >= 4 is 11.9 Å². The van der Waals surface area contributed by atoms with Gasteiger partial charge in [0.05, 0.1) is 0 Å². The molecule has 5 heteroatoms. The molecule has 1 unspecified atom stereocenters. The molecule has 0 radical (unpaired) electrons. The third-order valence-corrected chi connectivity index (χ3v) is 4.14. The van der Waals surface area contributed by atoms with Crippen molar-refractivity contribution in [2.45, 2.75) is 64.5 Å². The van der Waals surface area contributed by atoms with Crippen LogP contribution in [0.4, 0.5) is 4.79 Å². The van der Waals surface area contributed by atoms with Crippen LogP contribution in [0.1, 0.15) is 52.9 Å². The first-order valence-corrected chi connectivity index (χ1v) is 8.09. The summed E-state index contributed by atoms with van der Waals surface area (Å²) in [6, 6.07) is 0.372. The Hall–Kier alpha value is -1.10. The summed E-state index contributed by atoms with van der Waals surface area (Å²) in [7, 11) is 0. The number of carbonyl (C=O) groups excluding carboxylic acids is 2. The number of amides is 1. The highest BCUT2D eigenvalue weighted by Crippen LogP contribution is 2.21. The molecule has 1 atom stereocenters. The lowest BCUT2D eigenvalue weighted by atomic mass is 10.0. The first-order valence-electron chi connectivity index (χ1n) is 8.09. The van der Waals surface area contributed by atoms with E-state index in [2.05, 4.69) is 4.90 Å². The van der Waals surface area contributed by atoms with Crippen LogP contribution in [0.5, 0.6) is 0 Å². The van der Waals surface area contributed by atoms with Crippen molar-refractivity contribution in [3.63, 3.8) is 0 Å². The minimum Gasteiger partial charge on any atom is -0.444 e. The van der Waals surface area contributed by atoms with Crippen LogP contribution in [0.25, 0.3) is 0 Å². The van der Waals surface area contributed by atoms with E-state index < -0.39 is 5.60 Å². The van der Waals surface area contributed by atoms with E-state index in [9.17, 15) is 9.59 Å². The minimum absolute atomic E-state index is 0.210. The molecule has 2 saturated heterocycles. The number of ether oxygens (including phenoxy) is 1.